The minimum Gasteiger partial charge on any atom is -0.281 e. The number of rotatable bonds is 7. The van der Waals surface area contributed by atoms with E-state index in [-0.39, 0.29) is 0 Å². The summed E-state index contributed by atoms with van der Waals surface area (Å²) < 4.78 is 0. The SMILES string of the molecule is C=C/C(=c1/c(C)nc(-c2ccnc(N=C(C)NN(C=C)c3ccccc3)c2)n/c1=C/C)C1CC1. The van der Waals surface area contributed by atoms with Crippen LogP contribution in [0, 0.1) is 12.8 Å². The van der Waals surface area contributed by atoms with Crippen molar-refractivity contribution in [3.05, 3.63) is 90.4 Å². The zero-order valence-corrected chi connectivity index (χ0v) is 20.0. The molecule has 1 aliphatic carbocycles. The van der Waals surface area contributed by atoms with Gasteiger partial charge in [0, 0.05) is 28.9 Å². The van der Waals surface area contributed by atoms with E-state index < -0.39 is 0 Å². The van der Waals surface area contributed by atoms with Crippen molar-refractivity contribution in [2.75, 3.05) is 5.01 Å². The Morgan fingerprint density at radius 2 is 1.91 bits per heavy atom. The highest BCUT2D eigenvalue weighted by Gasteiger charge is 2.25. The molecule has 0 saturated heterocycles. The van der Waals surface area contributed by atoms with Crippen LogP contribution < -0.4 is 21.0 Å². The Morgan fingerprint density at radius 3 is 2.56 bits per heavy atom. The summed E-state index contributed by atoms with van der Waals surface area (Å²) in [5.41, 5.74) is 7.28. The lowest BCUT2D eigenvalue weighted by molar-refractivity contribution is 0.918. The third kappa shape index (κ3) is 5.12. The van der Waals surface area contributed by atoms with Crippen LogP contribution in [-0.4, -0.2) is 20.8 Å². The number of benzene rings is 1. The maximum absolute atomic E-state index is 4.87. The summed E-state index contributed by atoms with van der Waals surface area (Å²) in [5.74, 6) is 2.49. The number of aryl methyl sites for hydroxylation is 1. The van der Waals surface area contributed by atoms with Gasteiger partial charge in [-0.3, -0.25) is 10.4 Å². The standard InChI is InChI=1S/C28H30N6/c1-6-24(21-14-15-21)27-19(4)30-28(32-25(27)7-2)22-16-17-29-26(18-22)31-20(5)33-34(8-3)23-12-10-9-11-13-23/h6-13,16-18,21H,1,3,14-15H2,2,4-5H3,(H,29,31,33)/b25-7+,27-24+. The predicted octanol–water partition coefficient (Wildman–Crippen LogP) is 4.60. The zero-order chi connectivity index (χ0) is 24.1. The van der Waals surface area contributed by atoms with E-state index in [1.54, 1.807) is 12.4 Å². The second-order valence-corrected chi connectivity index (χ2v) is 8.22. The van der Waals surface area contributed by atoms with Crippen LogP contribution in [-0.2, 0) is 0 Å². The van der Waals surface area contributed by atoms with E-state index in [1.165, 1.54) is 18.4 Å². The van der Waals surface area contributed by atoms with E-state index in [9.17, 15) is 0 Å². The first-order chi connectivity index (χ1) is 16.5. The Bertz CT molecular complexity index is 1350. The molecule has 1 fully saturated rings. The molecule has 0 amide bonds. The molecule has 4 rings (SSSR count). The van der Waals surface area contributed by atoms with Crippen LogP contribution in [0.4, 0.5) is 11.5 Å². The highest BCUT2D eigenvalue weighted by Crippen LogP contribution is 2.37. The number of hydrazine groups is 1. The predicted molar refractivity (Wildman–Crippen MR) is 141 cm³/mol. The molecule has 0 bridgehead atoms. The average molecular weight is 451 g/mol. The van der Waals surface area contributed by atoms with E-state index in [4.69, 9.17) is 9.97 Å². The Labute approximate surface area is 200 Å². The summed E-state index contributed by atoms with van der Waals surface area (Å²) in [4.78, 5) is 18.8. The zero-order valence-electron chi connectivity index (χ0n) is 20.0. The van der Waals surface area contributed by atoms with E-state index in [0.29, 0.717) is 23.4 Å². The number of allylic oxidation sites excluding steroid dienone is 1. The Balaban J connectivity index is 1.66. The van der Waals surface area contributed by atoms with Gasteiger partial charge in [-0.25, -0.2) is 19.9 Å². The van der Waals surface area contributed by atoms with Gasteiger partial charge in [-0.05, 0) is 69.4 Å². The third-order valence-electron chi connectivity index (χ3n) is 5.70. The first-order valence-corrected chi connectivity index (χ1v) is 11.5. The van der Waals surface area contributed by atoms with Gasteiger partial charge in [0.25, 0.3) is 0 Å². The van der Waals surface area contributed by atoms with Crippen molar-refractivity contribution < 1.29 is 0 Å². The van der Waals surface area contributed by atoms with Crippen LogP contribution >= 0.6 is 0 Å². The van der Waals surface area contributed by atoms with Crippen molar-refractivity contribution in [2.45, 2.75) is 33.6 Å². The second kappa shape index (κ2) is 10.3. The van der Waals surface area contributed by atoms with Gasteiger partial charge in [0.05, 0.1) is 11.0 Å². The van der Waals surface area contributed by atoms with Gasteiger partial charge in [-0.1, -0.05) is 43.5 Å². The molecule has 1 aliphatic rings. The van der Waals surface area contributed by atoms with Gasteiger partial charge in [0.2, 0.25) is 0 Å². The number of pyridine rings is 1. The normalized spacial score (nSPS) is 15.0. The van der Waals surface area contributed by atoms with Crippen molar-refractivity contribution in [1.29, 1.82) is 0 Å². The van der Waals surface area contributed by atoms with Crippen molar-refractivity contribution in [3.8, 4) is 11.4 Å². The summed E-state index contributed by atoms with van der Waals surface area (Å²) in [6.45, 7) is 13.9. The van der Waals surface area contributed by atoms with Gasteiger partial charge in [0.15, 0.2) is 11.6 Å². The van der Waals surface area contributed by atoms with Crippen LogP contribution in [0.25, 0.3) is 23.0 Å². The molecule has 2 aromatic heterocycles. The fourth-order valence-corrected chi connectivity index (χ4v) is 3.95. The third-order valence-corrected chi connectivity index (χ3v) is 5.70. The highest BCUT2D eigenvalue weighted by atomic mass is 15.5. The smallest absolute Gasteiger partial charge is 0.160 e. The number of anilines is 1. The molecule has 1 N–H and O–H groups in total. The van der Waals surface area contributed by atoms with Crippen molar-refractivity contribution in [1.82, 2.24) is 20.4 Å². The molecule has 0 atom stereocenters. The molecule has 3 aromatic rings. The summed E-state index contributed by atoms with van der Waals surface area (Å²) in [5, 5.41) is 3.86. The van der Waals surface area contributed by atoms with Gasteiger partial charge in [0.1, 0.15) is 5.84 Å². The van der Waals surface area contributed by atoms with Crippen molar-refractivity contribution >= 4 is 29.0 Å². The number of nitrogens with zero attached hydrogens (tertiary/aromatic N) is 5. The van der Waals surface area contributed by atoms with Crippen molar-refractivity contribution in [3.63, 3.8) is 0 Å². The Kier molecular flexibility index (Phi) is 6.97. The monoisotopic (exact) mass is 450 g/mol. The van der Waals surface area contributed by atoms with Crippen LogP contribution in [0.2, 0.25) is 0 Å². The van der Waals surface area contributed by atoms with Gasteiger partial charge in [-0.15, -0.1) is 0 Å². The second-order valence-electron chi connectivity index (χ2n) is 8.22. The molecular formula is C28H30N6. The highest BCUT2D eigenvalue weighted by molar-refractivity contribution is 5.84. The number of nitrogens with one attached hydrogen (secondary N) is 1. The number of hydrogen-bond acceptors (Lipinski definition) is 5. The molecule has 0 unspecified atom stereocenters. The lowest BCUT2D eigenvalue weighted by atomic mass is 10.1. The molecule has 34 heavy (non-hydrogen) atoms. The maximum Gasteiger partial charge on any atom is 0.160 e. The number of aliphatic imine (C=N–C) groups is 1. The lowest BCUT2D eigenvalue weighted by Crippen LogP contribution is -2.36. The summed E-state index contributed by atoms with van der Waals surface area (Å²) in [6.07, 6.45) is 9.86. The Morgan fingerprint density at radius 1 is 1.15 bits per heavy atom. The van der Waals surface area contributed by atoms with Gasteiger partial charge in [-0.2, -0.15) is 0 Å². The molecule has 1 aromatic carbocycles. The topological polar surface area (TPSA) is 66.3 Å². The van der Waals surface area contributed by atoms with E-state index in [0.717, 1.165) is 27.5 Å². The average Bonchev–Trinajstić information content (AvgIpc) is 3.70. The van der Waals surface area contributed by atoms with Crippen LogP contribution in [0.5, 0.6) is 0 Å². The molecule has 0 aliphatic heterocycles. The maximum atomic E-state index is 4.87. The molecule has 6 nitrogen and oxygen atoms in total. The van der Waals surface area contributed by atoms with E-state index >= 15 is 0 Å². The van der Waals surface area contributed by atoms with Crippen LogP contribution in [0.1, 0.15) is 32.4 Å². The lowest BCUT2D eigenvalue weighted by Gasteiger charge is -2.21. The van der Waals surface area contributed by atoms with Gasteiger partial charge < -0.3 is 0 Å². The first kappa shape index (κ1) is 23.1. The fraction of sp³-hybridized carbons (Fsp3) is 0.214. The molecule has 1 saturated carbocycles. The molecule has 2 heterocycles. The number of hydrogen-bond donors (Lipinski definition) is 1. The Hall–Kier alpha value is -4.06. The summed E-state index contributed by atoms with van der Waals surface area (Å²) >= 11 is 0. The summed E-state index contributed by atoms with van der Waals surface area (Å²) in [6, 6.07) is 13.7. The largest absolute Gasteiger partial charge is 0.281 e. The molecule has 172 valence electrons. The fourth-order valence-electron chi connectivity index (χ4n) is 3.95. The molecular weight excluding hydrogens is 420 g/mol. The van der Waals surface area contributed by atoms with E-state index in [2.05, 4.69) is 28.6 Å². The molecule has 6 heteroatoms. The minimum atomic E-state index is 0.572. The van der Waals surface area contributed by atoms with E-state index in [1.807, 2.05) is 80.4 Å². The minimum absolute atomic E-state index is 0.572. The summed E-state index contributed by atoms with van der Waals surface area (Å²) in [7, 11) is 0. The quantitative estimate of drug-likeness (QED) is 0.324. The first-order valence-electron chi connectivity index (χ1n) is 11.5. The number of amidine groups is 1. The van der Waals surface area contributed by atoms with Gasteiger partial charge >= 0.3 is 0 Å². The van der Waals surface area contributed by atoms with Crippen LogP contribution in [0.3, 0.4) is 0 Å². The molecule has 0 radical (unpaired) electrons. The van der Waals surface area contributed by atoms with Crippen molar-refractivity contribution in [2.24, 2.45) is 10.9 Å². The number of para-hydroxylation sites is 1. The molecule has 0 spiro atoms. The van der Waals surface area contributed by atoms with Crippen LogP contribution in [0.15, 0.2) is 79.1 Å². The number of aromatic nitrogens is 3.